The van der Waals surface area contributed by atoms with Crippen molar-refractivity contribution in [3.05, 3.63) is 272 Å². The third kappa shape index (κ3) is 19.7. The fraction of sp³-hybridized carbons (Fsp3) is 0.232. The van der Waals surface area contributed by atoms with Gasteiger partial charge in [-0.15, -0.1) is 10.2 Å². The van der Waals surface area contributed by atoms with Crippen molar-refractivity contribution in [1.82, 2.24) is 26.3 Å². The van der Waals surface area contributed by atoms with Crippen molar-refractivity contribution in [3.8, 4) is 23.0 Å². The first-order valence-electron chi connectivity index (χ1n) is 29.4. The van der Waals surface area contributed by atoms with Crippen molar-refractivity contribution in [3.63, 3.8) is 0 Å². The molecule has 1 heterocycles. The molecule has 34 heteroatoms. The quantitative estimate of drug-likeness (QED) is 0.0166. The molecule has 1 aromatic heterocycles. The molecule has 8 aromatic carbocycles. The molecule has 103 heavy (non-hydrogen) atoms. The normalized spacial score (nSPS) is 13.2. The highest BCUT2D eigenvalue weighted by Gasteiger charge is 2.48. The summed E-state index contributed by atoms with van der Waals surface area (Å²) in [6.07, 6.45) is -30.3. The van der Waals surface area contributed by atoms with E-state index in [-0.39, 0.29) is 40.6 Å². The summed E-state index contributed by atoms with van der Waals surface area (Å²) in [7, 11) is 3.23. The Morgan fingerprint density at radius 1 is 0.476 bits per heavy atom. The molecule has 548 valence electrons. The number of benzene rings is 8. The van der Waals surface area contributed by atoms with Gasteiger partial charge in [0.1, 0.15) is 46.4 Å². The van der Waals surface area contributed by atoms with Crippen LogP contribution in [0.1, 0.15) is 95.3 Å². The molecule has 3 amide bonds. The van der Waals surface area contributed by atoms with E-state index in [0.717, 1.165) is 48.5 Å². The lowest BCUT2D eigenvalue weighted by Gasteiger charge is -2.37. The molecule has 0 aliphatic rings. The van der Waals surface area contributed by atoms with Crippen LogP contribution < -0.4 is 31.4 Å². The zero-order valence-electron chi connectivity index (χ0n) is 53.5. The number of amides is 3. The third-order valence-electron chi connectivity index (χ3n) is 15.1. The minimum Gasteiger partial charge on any atom is -0.428 e. The van der Waals surface area contributed by atoms with Crippen LogP contribution in [0.3, 0.4) is 0 Å². The van der Waals surface area contributed by atoms with E-state index in [1.165, 1.54) is 43.3 Å². The lowest BCUT2D eigenvalue weighted by molar-refractivity contribution is -0.253. The highest BCUT2D eigenvalue weighted by atomic mass is 19.4. The van der Waals surface area contributed by atoms with Crippen molar-refractivity contribution in [1.29, 1.82) is 0 Å². The molecule has 0 aliphatic carbocycles. The van der Waals surface area contributed by atoms with Gasteiger partial charge in [-0.3, -0.25) is 19.8 Å². The van der Waals surface area contributed by atoms with E-state index in [1.54, 1.807) is 43.9 Å². The van der Waals surface area contributed by atoms with Gasteiger partial charge >= 0.3 is 37.4 Å². The molecule has 0 unspecified atom stereocenters. The number of aromatic nitrogens is 2. The van der Waals surface area contributed by atoms with Crippen molar-refractivity contribution in [2.75, 3.05) is 14.2 Å². The Hall–Kier alpha value is -10.6. The van der Waals surface area contributed by atoms with Crippen molar-refractivity contribution >= 4 is 17.7 Å². The van der Waals surface area contributed by atoms with Crippen LogP contribution in [0.2, 0.25) is 0 Å². The van der Waals surface area contributed by atoms with E-state index in [2.05, 4.69) is 30.3 Å². The van der Waals surface area contributed by atoms with Gasteiger partial charge in [0.2, 0.25) is 5.89 Å². The Bertz CT molecular complexity index is 4460. The Balaban J connectivity index is 0.000000264. The van der Waals surface area contributed by atoms with Gasteiger partial charge in [0.05, 0.1) is 33.3 Å². The zero-order chi connectivity index (χ0) is 76.4. The smallest absolute Gasteiger partial charge is 0.428 e. The number of ether oxygens (including phenoxy) is 4. The van der Waals surface area contributed by atoms with Gasteiger partial charge in [-0.2, -0.15) is 61.5 Å². The molecule has 0 radical (unpaired) electrons. The maximum absolute atomic E-state index is 15.2. The van der Waals surface area contributed by atoms with Crippen LogP contribution in [0.5, 0.6) is 11.5 Å². The van der Waals surface area contributed by atoms with Crippen LogP contribution in [0, 0.1) is 41.8 Å². The number of nitrogens with two attached hydrogens (primary N) is 1. The molecular formula is C69H54F20N6O8. The van der Waals surface area contributed by atoms with E-state index in [1.807, 2.05) is 13.8 Å². The second-order valence-electron chi connectivity index (χ2n) is 22.5. The molecule has 5 N–H and O–H groups in total. The molecule has 9 rings (SSSR count). The van der Waals surface area contributed by atoms with E-state index in [4.69, 9.17) is 19.7 Å². The van der Waals surface area contributed by atoms with Gasteiger partial charge in [-0.1, -0.05) is 72.8 Å². The number of methoxy groups -OCH3 is 2. The molecule has 0 fully saturated rings. The third-order valence-corrected chi connectivity index (χ3v) is 15.1. The average Bonchev–Trinajstić information content (AvgIpc) is 1.22. The summed E-state index contributed by atoms with van der Waals surface area (Å²) in [5, 5.41) is 12.3. The predicted octanol–water partition coefficient (Wildman–Crippen LogP) is 16.5. The number of nitrogens with one attached hydrogen (secondary N) is 3. The summed E-state index contributed by atoms with van der Waals surface area (Å²) in [6, 6.07) is 26.9. The lowest BCUT2D eigenvalue weighted by Crippen LogP contribution is -2.49. The predicted molar refractivity (Wildman–Crippen MR) is 326 cm³/mol. The van der Waals surface area contributed by atoms with Crippen LogP contribution >= 0.6 is 0 Å². The Labute approximate surface area is 570 Å². The number of hydrogen-bond donors (Lipinski definition) is 4. The number of nitrogen functional groups attached to an aromatic ring is 1. The molecule has 0 spiro atoms. The van der Waals surface area contributed by atoms with Crippen LogP contribution in [0.15, 0.2) is 174 Å². The summed E-state index contributed by atoms with van der Waals surface area (Å²) < 4.78 is 301. The number of aryl methyl sites for hydroxylation is 1. The first-order chi connectivity index (χ1) is 48.1. The first-order valence-corrected chi connectivity index (χ1v) is 29.4. The monoisotopic (exact) mass is 1470 g/mol. The molecule has 0 bridgehead atoms. The molecular weight excluding hydrogens is 1420 g/mol. The van der Waals surface area contributed by atoms with Gasteiger partial charge in [-0.05, 0) is 132 Å². The second-order valence-corrected chi connectivity index (χ2v) is 22.5. The number of hydrazine groups is 1. The average molecular weight is 1480 g/mol. The standard InChI is InChI=1S/C33H21F10N3O3.C31H21F10N3O3.C5H12O2/c1-17-45-46-29(48-17)24-14-20(8-10-26(24)35)31(16-18-5-3-2-4-6-18,21-12-22(34)15-23(13-21)49-33(42,43)30(37)38)44-28(47)19-7-9-27(36)25(11-19)32(39,40)41;32-20-11-19(12-21(14-20)47-31(40,41)28(35)36)29(15-16-4-2-1-3-5-16,18-7-9-24(33)22(13-18)27(46)44-42)43-26(45)17-6-8-25(34)23(10-17)30(37,38)39;1-5(2,6-3)7-4/h2-15,30H,16H2,1H3,(H,44,47);1-14,28H,15,42H2,(H,43,45)(H,44,46);1-4H3/t31-;29-;/m11./s1. The van der Waals surface area contributed by atoms with Crippen LogP contribution in [-0.2, 0) is 45.7 Å². The second kappa shape index (κ2) is 32.2. The summed E-state index contributed by atoms with van der Waals surface area (Å²) in [5.74, 6) is -9.94. The SMILES string of the molecule is COC(C)(C)OC.Cc1nnc(-c2cc([C@@](Cc3ccccc3)(NC(=O)c3ccc(F)c(C(F)(F)F)c3)c3cc(F)cc(OC(F)(F)C(F)F)c3)ccc2F)o1.NNC(=O)c1cc([C@@](Cc2ccccc2)(NC(=O)c2ccc(F)c(C(F)(F)F)c2)c2cc(F)cc(OC(F)(F)C(F)F)c2)ccc1F. The number of hydrogen-bond acceptors (Lipinski definition) is 11. The van der Waals surface area contributed by atoms with Crippen molar-refractivity contribution in [2.45, 2.75) is 87.9 Å². The summed E-state index contributed by atoms with van der Waals surface area (Å²) in [5.41, 5.74) is -9.86. The topological polar surface area (TPSA) is 189 Å². The fourth-order valence-electron chi connectivity index (χ4n) is 9.85. The highest BCUT2D eigenvalue weighted by Crippen LogP contribution is 2.43. The maximum atomic E-state index is 15.2. The van der Waals surface area contributed by atoms with E-state index in [0.29, 0.717) is 59.7 Å². The number of carbonyl (C=O) groups is 3. The molecule has 9 aromatic rings. The number of alkyl halides is 14. The van der Waals surface area contributed by atoms with Crippen LogP contribution in [-0.4, -0.2) is 73.0 Å². The number of carbonyl (C=O) groups excluding carboxylic acids is 3. The van der Waals surface area contributed by atoms with Gasteiger partial charge in [-0.25, -0.2) is 32.2 Å². The molecule has 14 nitrogen and oxygen atoms in total. The van der Waals surface area contributed by atoms with E-state index >= 15 is 13.2 Å². The van der Waals surface area contributed by atoms with E-state index < -0.39 is 170 Å². The number of halogens is 20. The van der Waals surface area contributed by atoms with Crippen molar-refractivity contribution < 1.29 is 126 Å². The van der Waals surface area contributed by atoms with Crippen LogP contribution in [0.4, 0.5) is 87.8 Å². The van der Waals surface area contributed by atoms with Gasteiger partial charge < -0.3 is 34.0 Å². The lowest BCUT2D eigenvalue weighted by atomic mass is 9.77. The maximum Gasteiger partial charge on any atom is 0.461 e. The summed E-state index contributed by atoms with van der Waals surface area (Å²) in [4.78, 5) is 39.9. The van der Waals surface area contributed by atoms with E-state index in [9.17, 15) is 89.0 Å². The molecule has 0 saturated heterocycles. The number of rotatable bonds is 22. The van der Waals surface area contributed by atoms with Gasteiger partial charge in [0, 0.05) is 57.2 Å². The van der Waals surface area contributed by atoms with Crippen molar-refractivity contribution in [2.24, 2.45) is 5.84 Å². The first kappa shape index (κ1) is 79.7. The Kier molecular flexibility index (Phi) is 24.9. The minimum atomic E-state index is -5.24. The molecule has 0 saturated carbocycles. The van der Waals surface area contributed by atoms with Gasteiger partial charge in [0.25, 0.3) is 23.6 Å². The number of nitrogens with zero attached hydrogens (tertiary/aromatic N) is 2. The van der Waals surface area contributed by atoms with Gasteiger partial charge in [0.15, 0.2) is 5.79 Å². The molecule has 2 atom stereocenters. The summed E-state index contributed by atoms with van der Waals surface area (Å²) >= 11 is 0. The molecule has 0 aliphatic heterocycles. The van der Waals surface area contributed by atoms with Crippen LogP contribution in [0.25, 0.3) is 11.5 Å². The largest absolute Gasteiger partial charge is 0.461 e. The Morgan fingerprint density at radius 2 is 0.874 bits per heavy atom. The Morgan fingerprint density at radius 3 is 1.23 bits per heavy atom. The highest BCUT2D eigenvalue weighted by molar-refractivity contribution is 5.97. The minimum absolute atomic E-state index is 0.0207. The summed E-state index contributed by atoms with van der Waals surface area (Å²) in [6.45, 7) is 5.11. The zero-order valence-corrected chi connectivity index (χ0v) is 53.5. The fourth-order valence-corrected chi connectivity index (χ4v) is 9.85.